The first kappa shape index (κ1) is 21.1. The molecule has 0 aliphatic rings. The number of carboxylic acid groups (broad SMARTS) is 1. The van der Waals surface area contributed by atoms with Crippen LogP contribution in [-0.4, -0.2) is 17.1 Å². The summed E-state index contributed by atoms with van der Waals surface area (Å²) in [6, 6.07) is 11.9. The van der Waals surface area contributed by atoms with Gasteiger partial charge in [-0.2, -0.15) is 0 Å². The van der Waals surface area contributed by atoms with Crippen molar-refractivity contribution in [2.24, 2.45) is 5.73 Å². The third kappa shape index (κ3) is 5.03. The number of primary amides is 1. The largest absolute Gasteiger partial charge is 0.465 e. The average Bonchev–Trinajstić information content (AvgIpc) is 2.63. The molecule has 0 aliphatic carbocycles. The summed E-state index contributed by atoms with van der Waals surface area (Å²) in [6.45, 7) is 0. The lowest BCUT2D eigenvalue weighted by Gasteiger charge is -2.16. The fourth-order valence-electron chi connectivity index (χ4n) is 2.64. The van der Waals surface area contributed by atoms with Gasteiger partial charge in [0.25, 0.3) is 5.91 Å². The minimum atomic E-state index is -1.28. The maximum atomic E-state index is 14.2. The Hall–Kier alpha value is -3.66. The quantitative estimate of drug-likeness (QED) is 0.376. The molecule has 154 valence electrons. The van der Waals surface area contributed by atoms with Gasteiger partial charge in [-0.25, -0.2) is 13.6 Å². The highest BCUT2D eigenvalue weighted by Gasteiger charge is 2.19. The minimum Gasteiger partial charge on any atom is -0.465 e. The molecule has 0 aromatic heterocycles. The Morgan fingerprint density at radius 3 is 2.47 bits per heavy atom. The molecular weight excluding hydrogens is 464 g/mol. The van der Waals surface area contributed by atoms with Crippen LogP contribution in [0.15, 0.2) is 59.1 Å². The molecule has 7 nitrogen and oxygen atoms in total. The summed E-state index contributed by atoms with van der Waals surface area (Å²) in [4.78, 5) is 22.9. The molecule has 0 spiro atoms. The SMILES string of the molecule is NC(=O)c1c(Nc2ccc(Br)cc2F)cc(F)cc1Oc1cccc(NC(=O)O)c1. The molecule has 2 amide bonds. The van der Waals surface area contributed by atoms with E-state index in [0.29, 0.717) is 4.47 Å². The maximum absolute atomic E-state index is 14.2. The molecule has 10 heteroatoms. The number of nitrogens with two attached hydrogens (primary N) is 1. The van der Waals surface area contributed by atoms with Crippen LogP contribution in [0.4, 0.5) is 30.6 Å². The second-order valence-corrected chi connectivity index (χ2v) is 6.92. The Morgan fingerprint density at radius 2 is 1.80 bits per heavy atom. The van der Waals surface area contributed by atoms with Gasteiger partial charge < -0.3 is 20.9 Å². The third-order valence-corrected chi connectivity index (χ3v) is 4.32. The molecule has 0 unspecified atom stereocenters. The van der Waals surface area contributed by atoms with Gasteiger partial charge in [0, 0.05) is 22.3 Å². The van der Waals surface area contributed by atoms with E-state index in [1.807, 2.05) is 0 Å². The molecule has 0 saturated carbocycles. The van der Waals surface area contributed by atoms with Crippen molar-refractivity contribution in [3.05, 3.63) is 76.3 Å². The van der Waals surface area contributed by atoms with Crippen LogP contribution in [0.25, 0.3) is 0 Å². The van der Waals surface area contributed by atoms with Crippen molar-refractivity contribution in [1.82, 2.24) is 0 Å². The van der Waals surface area contributed by atoms with E-state index in [0.717, 1.165) is 12.1 Å². The van der Waals surface area contributed by atoms with Crippen molar-refractivity contribution in [1.29, 1.82) is 0 Å². The van der Waals surface area contributed by atoms with E-state index in [9.17, 15) is 18.4 Å². The topological polar surface area (TPSA) is 114 Å². The van der Waals surface area contributed by atoms with Gasteiger partial charge in [0.2, 0.25) is 0 Å². The summed E-state index contributed by atoms with van der Waals surface area (Å²) >= 11 is 3.14. The van der Waals surface area contributed by atoms with E-state index in [-0.39, 0.29) is 34.1 Å². The lowest BCUT2D eigenvalue weighted by molar-refractivity contribution is 0.0999. The molecule has 3 aromatic rings. The van der Waals surface area contributed by atoms with Crippen molar-refractivity contribution in [3.63, 3.8) is 0 Å². The molecule has 0 atom stereocenters. The molecule has 30 heavy (non-hydrogen) atoms. The van der Waals surface area contributed by atoms with Crippen LogP contribution < -0.4 is 21.1 Å². The van der Waals surface area contributed by atoms with Gasteiger partial charge in [0.15, 0.2) is 0 Å². The Labute approximate surface area is 177 Å². The molecular formula is C20H14BrF2N3O4. The van der Waals surface area contributed by atoms with Crippen LogP contribution in [0, 0.1) is 11.6 Å². The number of ether oxygens (including phenoxy) is 1. The lowest BCUT2D eigenvalue weighted by Crippen LogP contribution is -2.15. The second kappa shape index (κ2) is 8.78. The highest BCUT2D eigenvalue weighted by molar-refractivity contribution is 9.10. The van der Waals surface area contributed by atoms with E-state index >= 15 is 0 Å². The minimum absolute atomic E-state index is 0.00935. The fraction of sp³-hybridized carbons (Fsp3) is 0. The van der Waals surface area contributed by atoms with Crippen LogP contribution in [0.1, 0.15) is 10.4 Å². The maximum Gasteiger partial charge on any atom is 0.409 e. The number of halogens is 3. The number of nitrogens with one attached hydrogen (secondary N) is 2. The first-order chi connectivity index (χ1) is 14.2. The van der Waals surface area contributed by atoms with Gasteiger partial charge in [-0.15, -0.1) is 0 Å². The first-order valence-electron chi connectivity index (χ1n) is 8.36. The molecule has 0 fully saturated rings. The van der Waals surface area contributed by atoms with E-state index in [4.69, 9.17) is 15.6 Å². The Bertz CT molecular complexity index is 1140. The predicted molar refractivity (Wildman–Crippen MR) is 110 cm³/mol. The fourth-order valence-corrected chi connectivity index (χ4v) is 2.97. The lowest BCUT2D eigenvalue weighted by atomic mass is 10.1. The van der Waals surface area contributed by atoms with Crippen molar-refractivity contribution in [2.75, 3.05) is 10.6 Å². The normalized spacial score (nSPS) is 10.4. The van der Waals surface area contributed by atoms with Crippen LogP contribution in [-0.2, 0) is 0 Å². The Kier molecular flexibility index (Phi) is 6.17. The summed E-state index contributed by atoms with van der Waals surface area (Å²) in [5, 5.41) is 13.6. The van der Waals surface area contributed by atoms with E-state index in [1.165, 1.54) is 36.4 Å². The number of amides is 2. The summed E-state index contributed by atoms with van der Waals surface area (Å²) in [5.41, 5.74) is 5.34. The smallest absolute Gasteiger partial charge is 0.409 e. The molecule has 0 heterocycles. The van der Waals surface area contributed by atoms with Crippen LogP contribution in [0.2, 0.25) is 0 Å². The Morgan fingerprint density at radius 1 is 1.03 bits per heavy atom. The monoisotopic (exact) mass is 477 g/mol. The molecule has 0 aliphatic heterocycles. The van der Waals surface area contributed by atoms with Crippen LogP contribution in [0.5, 0.6) is 11.5 Å². The molecule has 0 bridgehead atoms. The van der Waals surface area contributed by atoms with Gasteiger partial charge in [-0.1, -0.05) is 22.0 Å². The number of carbonyl (C=O) groups is 2. The van der Waals surface area contributed by atoms with Gasteiger partial charge in [-0.05, 0) is 36.4 Å². The molecule has 0 radical (unpaired) electrons. The highest BCUT2D eigenvalue weighted by Crippen LogP contribution is 2.35. The van der Waals surface area contributed by atoms with Crippen LogP contribution in [0.3, 0.4) is 0 Å². The van der Waals surface area contributed by atoms with Gasteiger partial charge in [0.1, 0.15) is 28.7 Å². The average molecular weight is 478 g/mol. The number of hydrogen-bond acceptors (Lipinski definition) is 4. The summed E-state index contributed by atoms with van der Waals surface area (Å²) in [5.74, 6) is -2.45. The van der Waals surface area contributed by atoms with Crippen LogP contribution >= 0.6 is 15.9 Å². The zero-order valence-corrected chi connectivity index (χ0v) is 16.7. The number of anilines is 3. The summed E-state index contributed by atoms with van der Waals surface area (Å²) in [6.07, 6.45) is -1.28. The second-order valence-electron chi connectivity index (χ2n) is 6.00. The van der Waals surface area contributed by atoms with Gasteiger partial charge >= 0.3 is 6.09 Å². The third-order valence-electron chi connectivity index (χ3n) is 3.83. The predicted octanol–water partition coefficient (Wildman–Crippen LogP) is 5.45. The highest BCUT2D eigenvalue weighted by atomic mass is 79.9. The molecule has 5 N–H and O–H groups in total. The zero-order chi connectivity index (χ0) is 21.8. The van der Waals surface area contributed by atoms with Gasteiger partial charge in [-0.3, -0.25) is 10.1 Å². The van der Waals surface area contributed by atoms with Crippen molar-refractivity contribution in [2.45, 2.75) is 0 Å². The van der Waals surface area contributed by atoms with E-state index in [1.54, 1.807) is 6.07 Å². The van der Waals surface area contributed by atoms with Crippen molar-refractivity contribution >= 4 is 45.0 Å². The van der Waals surface area contributed by atoms with E-state index in [2.05, 4.69) is 26.6 Å². The number of hydrogen-bond donors (Lipinski definition) is 4. The number of rotatable bonds is 6. The number of carbonyl (C=O) groups excluding carboxylic acids is 1. The van der Waals surface area contributed by atoms with Crippen molar-refractivity contribution < 1.29 is 28.2 Å². The van der Waals surface area contributed by atoms with Crippen molar-refractivity contribution in [3.8, 4) is 11.5 Å². The first-order valence-corrected chi connectivity index (χ1v) is 9.15. The van der Waals surface area contributed by atoms with Gasteiger partial charge in [0.05, 0.1) is 11.4 Å². The van der Waals surface area contributed by atoms with E-state index < -0.39 is 23.6 Å². The molecule has 3 aromatic carbocycles. The zero-order valence-electron chi connectivity index (χ0n) is 15.1. The summed E-state index contributed by atoms with van der Waals surface area (Å²) in [7, 11) is 0. The molecule has 0 saturated heterocycles. The Balaban J connectivity index is 2.01. The molecule has 3 rings (SSSR count). The summed E-state index contributed by atoms with van der Waals surface area (Å²) < 4.78 is 34.5. The standard InChI is InChI=1S/C20H14BrF2N3O4/c21-10-4-5-15(14(23)6-10)26-16-7-11(22)8-17(18(16)19(24)27)30-13-3-1-2-12(9-13)25-20(28)29/h1-9,25-26H,(H2,24,27)(H,28,29). The number of benzene rings is 3.